The minimum absolute atomic E-state index is 0.730. The maximum Gasteiger partial charge on any atom is 0.0508 e. The minimum Gasteiger partial charge on any atom is -0.290 e. The van der Waals surface area contributed by atoms with E-state index in [1.54, 1.807) is 0 Å². The van der Waals surface area contributed by atoms with E-state index in [1.807, 2.05) is 0 Å². The molecule has 0 amide bonds. The summed E-state index contributed by atoms with van der Waals surface area (Å²) < 4.78 is 0. The first-order valence-corrected chi connectivity index (χ1v) is 9.49. The van der Waals surface area contributed by atoms with Gasteiger partial charge in [0.15, 0.2) is 0 Å². The van der Waals surface area contributed by atoms with E-state index in [-0.39, 0.29) is 0 Å². The second kappa shape index (κ2) is 7.50. The van der Waals surface area contributed by atoms with Crippen LogP contribution >= 0.6 is 0 Å². The molecule has 0 aliphatic carbocycles. The standard InChI is InChI=1S/C22H28N2/c1-2-7-20(8-3-1)21-12-10-19(11-13-21)17-22-9-6-16-24(22)18-23-14-4-5-15-23/h1-3,7-8,10-13,22H,4-6,9,14-18H2/t22-/m0/s1. The highest BCUT2D eigenvalue weighted by Crippen LogP contribution is 2.24. The van der Waals surface area contributed by atoms with Crippen molar-refractivity contribution in [3.8, 4) is 11.1 Å². The van der Waals surface area contributed by atoms with Crippen molar-refractivity contribution in [3.63, 3.8) is 0 Å². The van der Waals surface area contributed by atoms with Crippen molar-refractivity contribution in [1.29, 1.82) is 0 Å². The zero-order valence-corrected chi connectivity index (χ0v) is 14.5. The van der Waals surface area contributed by atoms with Gasteiger partial charge in [0.25, 0.3) is 0 Å². The van der Waals surface area contributed by atoms with Crippen molar-refractivity contribution in [2.45, 2.75) is 38.1 Å². The summed E-state index contributed by atoms with van der Waals surface area (Å²) in [4.78, 5) is 5.35. The molecule has 24 heavy (non-hydrogen) atoms. The molecule has 126 valence electrons. The van der Waals surface area contributed by atoms with Gasteiger partial charge in [-0.3, -0.25) is 9.80 Å². The van der Waals surface area contributed by atoms with E-state index in [1.165, 1.54) is 75.1 Å². The zero-order chi connectivity index (χ0) is 16.2. The summed E-state index contributed by atoms with van der Waals surface area (Å²) in [6, 6.07) is 20.6. The molecule has 4 rings (SSSR count). The van der Waals surface area contributed by atoms with Crippen LogP contribution in [-0.4, -0.2) is 42.1 Å². The van der Waals surface area contributed by atoms with Crippen LogP contribution in [0.5, 0.6) is 0 Å². The zero-order valence-electron chi connectivity index (χ0n) is 14.5. The molecule has 2 nitrogen and oxygen atoms in total. The molecule has 2 heteroatoms. The lowest BCUT2D eigenvalue weighted by molar-refractivity contribution is 0.141. The third-order valence-electron chi connectivity index (χ3n) is 5.61. The highest BCUT2D eigenvalue weighted by atomic mass is 15.3. The van der Waals surface area contributed by atoms with Gasteiger partial charge in [-0.05, 0) is 68.4 Å². The van der Waals surface area contributed by atoms with Crippen molar-refractivity contribution in [1.82, 2.24) is 9.80 Å². The van der Waals surface area contributed by atoms with Crippen LogP contribution in [0.3, 0.4) is 0 Å². The van der Waals surface area contributed by atoms with Crippen molar-refractivity contribution >= 4 is 0 Å². The fourth-order valence-corrected chi connectivity index (χ4v) is 4.23. The third-order valence-corrected chi connectivity index (χ3v) is 5.61. The molecule has 0 N–H and O–H groups in total. The van der Waals surface area contributed by atoms with Gasteiger partial charge in [0.05, 0.1) is 6.67 Å². The number of benzene rings is 2. The van der Waals surface area contributed by atoms with Crippen LogP contribution in [-0.2, 0) is 6.42 Å². The van der Waals surface area contributed by atoms with E-state index in [2.05, 4.69) is 64.4 Å². The SMILES string of the molecule is c1ccc(-c2ccc(C[C@@H]3CCCN3CN3CCCC3)cc2)cc1. The van der Waals surface area contributed by atoms with Crippen LogP contribution in [0.25, 0.3) is 11.1 Å². The van der Waals surface area contributed by atoms with Crippen molar-refractivity contribution in [2.75, 3.05) is 26.3 Å². The van der Waals surface area contributed by atoms with Crippen LogP contribution in [0.1, 0.15) is 31.2 Å². The number of nitrogens with zero attached hydrogens (tertiary/aromatic N) is 2. The van der Waals surface area contributed by atoms with E-state index in [0.717, 1.165) is 6.04 Å². The first-order chi connectivity index (χ1) is 11.9. The average Bonchev–Trinajstić information content (AvgIpc) is 3.29. The fourth-order valence-electron chi connectivity index (χ4n) is 4.23. The lowest BCUT2D eigenvalue weighted by Gasteiger charge is -2.29. The first-order valence-electron chi connectivity index (χ1n) is 9.49. The van der Waals surface area contributed by atoms with Crippen LogP contribution < -0.4 is 0 Å². The predicted octanol–water partition coefficient (Wildman–Crippen LogP) is 4.41. The van der Waals surface area contributed by atoms with Gasteiger partial charge in [-0.25, -0.2) is 0 Å². The molecule has 2 saturated heterocycles. The molecule has 2 fully saturated rings. The number of rotatable bonds is 5. The largest absolute Gasteiger partial charge is 0.290 e. The highest BCUT2D eigenvalue weighted by molar-refractivity contribution is 5.63. The molecule has 1 atom stereocenters. The summed E-state index contributed by atoms with van der Waals surface area (Å²) in [5.74, 6) is 0. The van der Waals surface area contributed by atoms with Crippen molar-refractivity contribution < 1.29 is 0 Å². The summed E-state index contributed by atoms with van der Waals surface area (Å²) in [7, 11) is 0. The number of likely N-dealkylation sites (tertiary alicyclic amines) is 2. The summed E-state index contributed by atoms with van der Waals surface area (Å²) in [6.45, 7) is 5.07. The van der Waals surface area contributed by atoms with E-state index >= 15 is 0 Å². The van der Waals surface area contributed by atoms with Gasteiger partial charge in [-0.1, -0.05) is 54.6 Å². The fraction of sp³-hybridized carbons (Fsp3) is 0.455. The second-order valence-corrected chi connectivity index (χ2v) is 7.34. The van der Waals surface area contributed by atoms with Crippen LogP contribution in [0.2, 0.25) is 0 Å². The Balaban J connectivity index is 1.39. The van der Waals surface area contributed by atoms with Gasteiger partial charge in [0.1, 0.15) is 0 Å². The summed E-state index contributed by atoms with van der Waals surface area (Å²) >= 11 is 0. The summed E-state index contributed by atoms with van der Waals surface area (Å²) in [5, 5.41) is 0. The van der Waals surface area contributed by atoms with Gasteiger partial charge in [-0.15, -0.1) is 0 Å². The molecule has 0 bridgehead atoms. The van der Waals surface area contributed by atoms with Gasteiger partial charge >= 0.3 is 0 Å². The molecule has 2 heterocycles. The molecule has 0 saturated carbocycles. The van der Waals surface area contributed by atoms with Crippen molar-refractivity contribution in [3.05, 3.63) is 60.2 Å². The molecule has 2 aromatic carbocycles. The smallest absolute Gasteiger partial charge is 0.0508 e. The number of hydrogen-bond donors (Lipinski definition) is 0. The molecule has 2 aromatic rings. The lowest BCUT2D eigenvalue weighted by atomic mass is 10.00. The Morgan fingerprint density at radius 2 is 1.46 bits per heavy atom. The average molecular weight is 320 g/mol. The predicted molar refractivity (Wildman–Crippen MR) is 101 cm³/mol. The highest BCUT2D eigenvalue weighted by Gasteiger charge is 2.26. The summed E-state index contributed by atoms with van der Waals surface area (Å²) in [5.41, 5.74) is 4.10. The second-order valence-electron chi connectivity index (χ2n) is 7.34. The third kappa shape index (κ3) is 3.71. The minimum atomic E-state index is 0.730. The monoisotopic (exact) mass is 320 g/mol. The van der Waals surface area contributed by atoms with E-state index < -0.39 is 0 Å². The maximum absolute atomic E-state index is 2.72. The van der Waals surface area contributed by atoms with Gasteiger partial charge < -0.3 is 0 Å². The van der Waals surface area contributed by atoms with E-state index in [4.69, 9.17) is 0 Å². The molecule has 2 aliphatic rings. The Labute approximate surface area is 146 Å². The Kier molecular flexibility index (Phi) is 4.96. The molecule has 0 spiro atoms. The first kappa shape index (κ1) is 15.9. The van der Waals surface area contributed by atoms with Crippen molar-refractivity contribution in [2.24, 2.45) is 0 Å². The number of hydrogen-bond acceptors (Lipinski definition) is 2. The van der Waals surface area contributed by atoms with E-state index in [9.17, 15) is 0 Å². The molecule has 0 radical (unpaired) electrons. The molecule has 0 aromatic heterocycles. The maximum atomic E-state index is 2.72. The topological polar surface area (TPSA) is 6.48 Å². The van der Waals surface area contributed by atoms with Crippen LogP contribution in [0.15, 0.2) is 54.6 Å². The molecule has 0 unspecified atom stereocenters. The van der Waals surface area contributed by atoms with E-state index in [0.29, 0.717) is 0 Å². The van der Waals surface area contributed by atoms with Gasteiger partial charge in [-0.2, -0.15) is 0 Å². The Bertz CT molecular complexity index is 629. The lowest BCUT2D eigenvalue weighted by Crippen LogP contribution is -2.40. The van der Waals surface area contributed by atoms with Gasteiger partial charge in [0.2, 0.25) is 0 Å². The summed E-state index contributed by atoms with van der Waals surface area (Å²) in [6.07, 6.45) is 6.69. The van der Waals surface area contributed by atoms with Gasteiger partial charge in [0, 0.05) is 6.04 Å². The normalized spacial score (nSPS) is 22.2. The van der Waals surface area contributed by atoms with Crippen LogP contribution in [0, 0.1) is 0 Å². The Hall–Kier alpha value is -1.64. The Morgan fingerprint density at radius 3 is 2.21 bits per heavy atom. The molecule has 2 aliphatic heterocycles. The quantitative estimate of drug-likeness (QED) is 0.805. The Morgan fingerprint density at radius 1 is 0.750 bits per heavy atom. The molecular weight excluding hydrogens is 292 g/mol. The van der Waals surface area contributed by atoms with Crippen LogP contribution in [0.4, 0.5) is 0 Å². The molecular formula is C22H28N2.